The Balaban J connectivity index is 1.67. The number of benzene rings is 1. The number of rotatable bonds is 3. The predicted molar refractivity (Wildman–Crippen MR) is 68.2 cm³/mol. The number of hydrogen-bond donors (Lipinski definition) is 2. The third-order valence-electron chi connectivity index (χ3n) is 3.17. The third kappa shape index (κ3) is 1.97. The zero-order chi connectivity index (χ0) is 12.4. The molecule has 3 rings (SSSR count). The summed E-state index contributed by atoms with van der Waals surface area (Å²) in [5, 5.41) is 6.14. The van der Waals surface area contributed by atoms with Crippen molar-refractivity contribution in [2.24, 2.45) is 0 Å². The molecule has 1 aliphatic rings. The van der Waals surface area contributed by atoms with E-state index in [1.54, 1.807) is 6.26 Å². The highest BCUT2D eigenvalue weighted by atomic mass is 16.3. The van der Waals surface area contributed by atoms with Gasteiger partial charge in [0.2, 0.25) is 5.91 Å². The van der Waals surface area contributed by atoms with Gasteiger partial charge in [0.05, 0.1) is 18.7 Å². The Bertz CT molecular complexity index is 549. The van der Waals surface area contributed by atoms with Crippen LogP contribution in [0.5, 0.6) is 0 Å². The Labute approximate surface area is 105 Å². The molecule has 18 heavy (non-hydrogen) atoms. The number of fused-ring (bicyclic) bond motifs is 1. The van der Waals surface area contributed by atoms with Gasteiger partial charge in [0.15, 0.2) is 0 Å². The quantitative estimate of drug-likeness (QED) is 0.866. The number of carbonyl (C=O) groups excluding carboxylic acids is 1. The number of furan rings is 1. The van der Waals surface area contributed by atoms with Gasteiger partial charge in [-0.15, -0.1) is 0 Å². The van der Waals surface area contributed by atoms with Gasteiger partial charge in [0, 0.05) is 12.2 Å². The fourth-order valence-corrected chi connectivity index (χ4v) is 2.23. The molecule has 4 heteroatoms. The van der Waals surface area contributed by atoms with E-state index in [0.717, 1.165) is 17.0 Å². The lowest BCUT2D eigenvalue weighted by Crippen LogP contribution is -2.29. The number of para-hydroxylation sites is 1. The van der Waals surface area contributed by atoms with Crippen LogP contribution in [-0.4, -0.2) is 12.5 Å². The molecule has 2 N–H and O–H groups in total. The average molecular weight is 242 g/mol. The molecule has 1 aromatic heterocycles. The normalized spacial score (nSPS) is 17.0. The van der Waals surface area contributed by atoms with Crippen LogP contribution in [0, 0.1) is 0 Å². The van der Waals surface area contributed by atoms with Crippen molar-refractivity contribution in [3.8, 4) is 0 Å². The van der Waals surface area contributed by atoms with Crippen molar-refractivity contribution in [1.82, 2.24) is 5.32 Å². The summed E-state index contributed by atoms with van der Waals surface area (Å²) in [7, 11) is 0. The van der Waals surface area contributed by atoms with E-state index in [2.05, 4.69) is 10.6 Å². The van der Waals surface area contributed by atoms with Crippen LogP contribution in [0.2, 0.25) is 0 Å². The molecule has 2 aromatic rings. The summed E-state index contributed by atoms with van der Waals surface area (Å²) in [4.78, 5) is 12.1. The lowest BCUT2D eigenvalue weighted by atomic mass is 10.0. The van der Waals surface area contributed by atoms with Crippen LogP contribution in [0.4, 0.5) is 5.69 Å². The van der Waals surface area contributed by atoms with Gasteiger partial charge in [0.1, 0.15) is 5.76 Å². The van der Waals surface area contributed by atoms with E-state index in [4.69, 9.17) is 4.42 Å². The Morgan fingerprint density at radius 2 is 2.22 bits per heavy atom. The van der Waals surface area contributed by atoms with Crippen LogP contribution < -0.4 is 10.6 Å². The molecule has 92 valence electrons. The van der Waals surface area contributed by atoms with Gasteiger partial charge in [-0.05, 0) is 23.8 Å². The maximum atomic E-state index is 12.1. The minimum Gasteiger partial charge on any atom is -0.467 e. The molecule has 0 saturated heterocycles. The summed E-state index contributed by atoms with van der Waals surface area (Å²) in [5.41, 5.74) is 2.12. The maximum Gasteiger partial charge on any atom is 0.229 e. The Kier molecular flexibility index (Phi) is 2.76. The van der Waals surface area contributed by atoms with Crippen LogP contribution in [0.1, 0.15) is 17.2 Å². The van der Waals surface area contributed by atoms with Crippen LogP contribution in [0.15, 0.2) is 47.1 Å². The fourth-order valence-electron chi connectivity index (χ4n) is 2.23. The minimum atomic E-state index is -0.115. The molecule has 1 aromatic carbocycles. The monoisotopic (exact) mass is 242 g/mol. The van der Waals surface area contributed by atoms with Crippen molar-refractivity contribution < 1.29 is 9.21 Å². The second-order valence-electron chi connectivity index (χ2n) is 4.32. The van der Waals surface area contributed by atoms with E-state index in [0.29, 0.717) is 13.1 Å². The standard InChI is InChI=1S/C14H14N2O2/c17-14(16-8-10-4-3-7-18-10)12-9-15-13-6-2-1-5-11(12)13/h1-7,12,15H,8-9H2,(H,16,17). The topological polar surface area (TPSA) is 54.3 Å². The van der Waals surface area contributed by atoms with Gasteiger partial charge in [-0.3, -0.25) is 4.79 Å². The van der Waals surface area contributed by atoms with Crippen LogP contribution in [-0.2, 0) is 11.3 Å². The summed E-state index contributed by atoms with van der Waals surface area (Å²) in [6.07, 6.45) is 1.61. The van der Waals surface area contributed by atoms with E-state index in [1.165, 1.54) is 0 Å². The lowest BCUT2D eigenvalue weighted by Gasteiger charge is -2.10. The summed E-state index contributed by atoms with van der Waals surface area (Å²) < 4.78 is 5.19. The molecule has 0 radical (unpaired) electrons. The lowest BCUT2D eigenvalue weighted by molar-refractivity contribution is -0.122. The molecule has 0 fully saturated rings. The molecule has 1 atom stereocenters. The van der Waals surface area contributed by atoms with Gasteiger partial charge < -0.3 is 15.1 Å². The minimum absolute atomic E-state index is 0.0313. The van der Waals surface area contributed by atoms with Crippen molar-refractivity contribution in [2.45, 2.75) is 12.5 Å². The van der Waals surface area contributed by atoms with E-state index in [9.17, 15) is 4.79 Å². The highest BCUT2D eigenvalue weighted by Gasteiger charge is 2.27. The number of hydrogen-bond acceptors (Lipinski definition) is 3. The maximum absolute atomic E-state index is 12.1. The number of anilines is 1. The smallest absolute Gasteiger partial charge is 0.229 e. The number of nitrogens with one attached hydrogen (secondary N) is 2. The first-order valence-electron chi connectivity index (χ1n) is 5.97. The first-order chi connectivity index (χ1) is 8.84. The predicted octanol–water partition coefficient (Wildman–Crippen LogP) is 2.11. The highest BCUT2D eigenvalue weighted by molar-refractivity contribution is 5.88. The van der Waals surface area contributed by atoms with Crippen LogP contribution >= 0.6 is 0 Å². The fraction of sp³-hybridized carbons (Fsp3) is 0.214. The van der Waals surface area contributed by atoms with E-state index in [-0.39, 0.29) is 11.8 Å². The first kappa shape index (κ1) is 10.9. The molecule has 0 aliphatic carbocycles. The summed E-state index contributed by atoms with van der Waals surface area (Å²) in [5.74, 6) is 0.683. The van der Waals surface area contributed by atoms with Crippen LogP contribution in [0.25, 0.3) is 0 Å². The molecular weight excluding hydrogens is 228 g/mol. The van der Waals surface area contributed by atoms with Gasteiger partial charge >= 0.3 is 0 Å². The molecule has 0 bridgehead atoms. The van der Waals surface area contributed by atoms with Crippen molar-refractivity contribution in [2.75, 3.05) is 11.9 Å². The third-order valence-corrected chi connectivity index (χ3v) is 3.17. The van der Waals surface area contributed by atoms with Gasteiger partial charge in [0.25, 0.3) is 0 Å². The highest BCUT2D eigenvalue weighted by Crippen LogP contribution is 2.30. The zero-order valence-electron chi connectivity index (χ0n) is 9.85. The number of carbonyl (C=O) groups is 1. The van der Waals surface area contributed by atoms with E-state index >= 15 is 0 Å². The Morgan fingerprint density at radius 1 is 1.33 bits per heavy atom. The molecule has 2 heterocycles. The summed E-state index contributed by atoms with van der Waals surface area (Å²) in [6.45, 7) is 1.09. The first-order valence-corrected chi connectivity index (χ1v) is 5.97. The summed E-state index contributed by atoms with van der Waals surface area (Å²) in [6, 6.07) is 11.6. The molecule has 0 saturated carbocycles. The van der Waals surface area contributed by atoms with Crippen molar-refractivity contribution in [3.05, 3.63) is 54.0 Å². The molecule has 1 amide bonds. The van der Waals surface area contributed by atoms with Crippen LogP contribution in [0.3, 0.4) is 0 Å². The molecule has 4 nitrogen and oxygen atoms in total. The van der Waals surface area contributed by atoms with Crippen molar-refractivity contribution >= 4 is 11.6 Å². The second-order valence-corrected chi connectivity index (χ2v) is 4.32. The Hall–Kier alpha value is -2.23. The zero-order valence-corrected chi connectivity index (χ0v) is 9.85. The van der Waals surface area contributed by atoms with Gasteiger partial charge in [-0.1, -0.05) is 18.2 Å². The number of amides is 1. The van der Waals surface area contributed by atoms with Gasteiger partial charge in [-0.2, -0.15) is 0 Å². The van der Waals surface area contributed by atoms with Gasteiger partial charge in [-0.25, -0.2) is 0 Å². The van der Waals surface area contributed by atoms with Crippen molar-refractivity contribution in [1.29, 1.82) is 0 Å². The molecule has 0 spiro atoms. The Morgan fingerprint density at radius 3 is 3.06 bits per heavy atom. The largest absolute Gasteiger partial charge is 0.467 e. The average Bonchev–Trinajstić information content (AvgIpc) is 3.05. The molecular formula is C14H14N2O2. The molecule has 1 aliphatic heterocycles. The van der Waals surface area contributed by atoms with E-state index < -0.39 is 0 Å². The van der Waals surface area contributed by atoms with E-state index in [1.807, 2.05) is 36.4 Å². The molecule has 1 unspecified atom stereocenters. The van der Waals surface area contributed by atoms with Crippen molar-refractivity contribution in [3.63, 3.8) is 0 Å². The summed E-state index contributed by atoms with van der Waals surface area (Å²) >= 11 is 0. The SMILES string of the molecule is O=C(NCc1ccco1)C1CNc2ccccc21. The second kappa shape index (κ2) is 4.56.